The molecule has 0 saturated carbocycles. The number of fused-ring (bicyclic) bond motifs is 1. The fraction of sp³-hybridized carbons (Fsp3) is 0.429. The highest BCUT2D eigenvalue weighted by molar-refractivity contribution is 9.10. The Labute approximate surface area is 188 Å². The first-order chi connectivity index (χ1) is 13.5. The molecular formula is C21H28BrClN2O3S. The number of methoxy groups -OCH3 is 1. The maximum Gasteiger partial charge on any atom is 0.244 e. The van der Waals surface area contributed by atoms with Crippen molar-refractivity contribution in [1.29, 1.82) is 0 Å². The molecule has 0 saturated heterocycles. The Kier molecular flexibility index (Phi) is 9.43. The third-order valence-electron chi connectivity index (χ3n) is 5.07. The zero-order valence-corrected chi connectivity index (χ0v) is 19.8. The van der Waals surface area contributed by atoms with Crippen LogP contribution in [-0.2, 0) is 23.0 Å². The summed E-state index contributed by atoms with van der Waals surface area (Å²) >= 11 is 3.32. The van der Waals surface area contributed by atoms with Crippen LogP contribution in [0.3, 0.4) is 0 Å². The normalized spacial score (nSPS) is 14.1. The number of benzene rings is 2. The Morgan fingerprint density at radius 3 is 2.62 bits per heavy atom. The number of unbranched alkanes of at least 4 members (excludes halogenated alkanes) is 2. The lowest BCUT2D eigenvalue weighted by molar-refractivity contribution is 0.248. The van der Waals surface area contributed by atoms with Crippen molar-refractivity contribution in [1.82, 2.24) is 9.62 Å². The van der Waals surface area contributed by atoms with Crippen molar-refractivity contribution >= 4 is 38.4 Å². The van der Waals surface area contributed by atoms with Gasteiger partial charge in [0.2, 0.25) is 10.0 Å². The average Bonchev–Trinajstić information content (AvgIpc) is 2.70. The van der Waals surface area contributed by atoms with E-state index < -0.39 is 10.0 Å². The number of hydrogen-bond donors (Lipinski definition) is 1. The highest BCUT2D eigenvalue weighted by Crippen LogP contribution is 2.27. The Hall–Kier alpha value is -1.12. The number of halogens is 2. The molecule has 160 valence electrons. The molecule has 0 aliphatic carbocycles. The van der Waals surface area contributed by atoms with Crippen molar-refractivity contribution in [2.45, 2.75) is 37.1 Å². The van der Waals surface area contributed by atoms with Gasteiger partial charge in [0.25, 0.3) is 0 Å². The fourth-order valence-electron chi connectivity index (χ4n) is 3.53. The average molecular weight is 504 g/mol. The van der Waals surface area contributed by atoms with Gasteiger partial charge in [0, 0.05) is 24.1 Å². The van der Waals surface area contributed by atoms with Gasteiger partial charge in [-0.25, -0.2) is 13.1 Å². The van der Waals surface area contributed by atoms with E-state index in [0.29, 0.717) is 16.8 Å². The van der Waals surface area contributed by atoms with Crippen LogP contribution in [0.4, 0.5) is 0 Å². The van der Waals surface area contributed by atoms with Gasteiger partial charge in [-0.3, -0.25) is 4.90 Å². The first-order valence-electron chi connectivity index (χ1n) is 9.62. The molecule has 8 heteroatoms. The van der Waals surface area contributed by atoms with Gasteiger partial charge in [-0.2, -0.15) is 0 Å². The molecule has 1 N–H and O–H groups in total. The Bertz CT molecular complexity index is 909. The van der Waals surface area contributed by atoms with Crippen LogP contribution in [0.15, 0.2) is 51.8 Å². The maximum atomic E-state index is 12.5. The molecule has 0 aromatic heterocycles. The lowest BCUT2D eigenvalue weighted by atomic mass is 10.00. The summed E-state index contributed by atoms with van der Waals surface area (Å²) in [5.41, 5.74) is 2.90. The third kappa shape index (κ3) is 6.69. The molecular weight excluding hydrogens is 476 g/mol. The van der Waals surface area contributed by atoms with E-state index in [1.165, 1.54) is 18.2 Å². The molecule has 3 rings (SSSR count). The van der Waals surface area contributed by atoms with Gasteiger partial charge in [-0.15, -0.1) is 12.4 Å². The minimum atomic E-state index is -3.58. The summed E-state index contributed by atoms with van der Waals surface area (Å²) in [6.45, 7) is 3.61. The van der Waals surface area contributed by atoms with E-state index in [1.807, 2.05) is 0 Å². The molecule has 0 atom stereocenters. The van der Waals surface area contributed by atoms with Crippen molar-refractivity contribution in [3.05, 3.63) is 58.1 Å². The van der Waals surface area contributed by atoms with Crippen LogP contribution < -0.4 is 9.46 Å². The number of sulfonamides is 1. The van der Waals surface area contributed by atoms with Gasteiger partial charge in [-0.05, 0) is 55.1 Å². The molecule has 29 heavy (non-hydrogen) atoms. The fourth-order valence-corrected chi connectivity index (χ4v) is 5.31. The van der Waals surface area contributed by atoms with E-state index in [-0.39, 0.29) is 17.3 Å². The molecule has 0 amide bonds. The summed E-state index contributed by atoms with van der Waals surface area (Å²) in [6.07, 6.45) is 4.00. The van der Waals surface area contributed by atoms with Crippen molar-refractivity contribution in [3.8, 4) is 5.75 Å². The Morgan fingerprint density at radius 2 is 1.86 bits per heavy atom. The van der Waals surface area contributed by atoms with E-state index in [2.05, 4.69) is 49.8 Å². The number of nitrogens with zero attached hydrogens (tertiary/aromatic N) is 1. The zero-order valence-electron chi connectivity index (χ0n) is 16.6. The number of rotatable bonds is 9. The monoisotopic (exact) mass is 502 g/mol. The number of nitrogens with one attached hydrogen (secondary N) is 1. The molecule has 2 aromatic carbocycles. The van der Waals surface area contributed by atoms with E-state index in [0.717, 1.165) is 45.3 Å². The summed E-state index contributed by atoms with van der Waals surface area (Å²) in [4.78, 5) is 2.65. The molecule has 0 spiro atoms. The maximum absolute atomic E-state index is 12.5. The van der Waals surface area contributed by atoms with Crippen molar-refractivity contribution in [2.75, 3.05) is 26.7 Å². The lowest BCUT2D eigenvalue weighted by Gasteiger charge is -2.28. The minimum absolute atomic E-state index is 0. The van der Waals surface area contributed by atoms with E-state index in [9.17, 15) is 8.42 Å². The van der Waals surface area contributed by atoms with Crippen LogP contribution in [0, 0.1) is 0 Å². The summed E-state index contributed by atoms with van der Waals surface area (Å²) in [5, 5.41) is 0. The van der Waals surface area contributed by atoms with Crippen LogP contribution in [-0.4, -0.2) is 40.1 Å². The van der Waals surface area contributed by atoms with E-state index >= 15 is 0 Å². The van der Waals surface area contributed by atoms with Crippen LogP contribution in [0.25, 0.3) is 0 Å². The van der Waals surface area contributed by atoms with E-state index in [4.69, 9.17) is 4.74 Å². The predicted octanol–water partition coefficient (Wildman–Crippen LogP) is 4.39. The van der Waals surface area contributed by atoms with Gasteiger partial charge in [0.05, 0.1) is 7.11 Å². The van der Waals surface area contributed by atoms with Crippen molar-refractivity contribution < 1.29 is 13.2 Å². The molecule has 1 aliphatic rings. The summed E-state index contributed by atoms with van der Waals surface area (Å²) in [7, 11) is -2.11. The molecule has 1 heterocycles. The summed E-state index contributed by atoms with van der Waals surface area (Å²) in [6, 6.07) is 13.6. The van der Waals surface area contributed by atoms with Crippen LogP contribution in [0.1, 0.15) is 30.4 Å². The van der Waals surface area contributed by atoms with Crippen molar-refractivity contribution in [3.63, 3.8) is 0 Å². The second kappa shape index (κ2) is 11.3. The number of ether oxygens (including phenoxy) is 1. The highest BCUT2D eigenvalue weighted by atomic mass is 79.9. The Balaban J connectivity index is 0.00000300. The lowest BCUT2D eigenvalue weighted by Crippen LogP contribution is -2.31. The van der Waals surface area contributed by atoms with Crippen LogP contribution >= 0.6 is 28.3 Å². The zero-order chi connectivity index (χ0) is 20.0. The van der Waals surface area contributed by atoms with Crippen molar-refractivity contribution in [2.24, 2.45) is 0 Å². The summed E-state index contributed by atoms with van der Waals surface area (Å²) in [5.74, 6) is 0.348. The topological polar surface area (TPSA) is 58.6 Å². The molecule has 2 aromatic rings. The summed E-state index contributed by atoms with van der Waals surface area (Å²) < 4.78 is 33.7. The first-order valence-corrected chi connectivity index (χ1v) is 11.9. The molecule has 0 bridgehead atoms. The smallest absolute Gasteiger partial charge is 0.244 e. The minimum Gasteiger partial charge on any atom is -0.495 e. The standard InChI is InChI=1S/C21H27BrN2O3S.ClH/c1-27-20-10-9-19(22)15-21(20)28(25,26)23-12-5-2-6-13-24-14-11-17-7-3-4-8-18(17)16-24;/h3-4,7-10,15,23H,2,5-6,11-14,16H2,1H3;1H. The van der Waals surface area contributed by atoms with Gasteiger partial charge in [0.15, 0.2) is 0 Å². The molecule has 0 unspecified atom stereocenters. The highest BCUT2D eigenvalue weighted by Gasteiger charge is 2.19. The second-order valence-corrected chi connectivity index (χ2v) is 9.70. The molecule has 0 radical (unpaired) electrons. The second-order valence-electron chi connectivity index (χ2n) is 7.05. The predicted molar refractivity (Wildman–Crippen MR) is 122 cm³/mol. The SMILES string of the molecule is COc1ccc(Br)cc1S(=O)(=O)NCCCCCN1CCc2ccccc2C1.Cl. The van der Waals surface area contributed by atoms with Crippen LogP contribution in [0.5, 0.6) is 5.75 Å². The third-order valence-corrected chi connectivity index (χ3v) is 7.04. The quantitative estimate of drug-likeness (QED) is 0.516. The van der Waals surface area contributed by atoms with Crippen LogP contribution in [0.2, 0.25) is 0 Å². The van der Waals surface area contributed by atoms with Gasteiger partial charge < -0.3 is 4.74 Å². The molecule has 0 fully saturated rings. The molecule has 5 nitrogen and oxygen atoms in total. The molecule has 1 aliphatic heterocycles. The van der Waals surface area contributed by atoms with Gasteiger partial charge in [0.1, 0.15) is 10.6 Å². The Morgan fingerprint density at radius 1 is 1.10 bits per heavy atom. The van der Waals surface area contributed by atoms with Gasteiger partial charge in [-0.1, -0.05) is 46.6 Å². The van der Waals surface area contributed by atoms with Gasteiger partial charge >= 0.3 is 0 Å². The largest absolute Gasteiger partial charge is 0.495 e. The van der Waals surface area contributed by atoms with E-state index in [1.54, 1.807) is 18.2 Å². The first kappa shape index (κ1) is 24.2. The number of hydrogen-bond acceptors (Lipinski definition) is 4.